The van der Waals surface area contributed by atoms with Crippen LogP contribution in [0.2, 0.25) is 0 Å². The lowest BCUT2D eigenvalue weighted by Crippen LogP contribution is -2.07. The number of aromatic nitrogens is 2. The van der Waals surface area contributed by atoms with Crippen molar-refractivity contribution in [3.8, 4) is 6.07 Å². The van der Waals surface area contributed by atoms with Gasteiger partial charge in [-0.1, -0.05) is 18.2 Å². The maximum absolute atomic E-state index is 13.4. The first-order valence-electron chi connectivity index (χ1n) is 6.50. The van der Waals surface area contributed by atoms with Crippen LogP contribution in [0.1, 0.15) is 24.1 Å². The van der Waals surface area contributed by atoms with Crippen LogP contribution in [0.25, 0.3) is 11.0 Å². The Hall–Kier alpha value is -2.45. The van der Waals surface area contributed by atoms with E-state index in [9.17, 15) is 4.39 Å². The first kappa shape index (κ1) is 13.5. The Morgan fingerprint density at radius 3 is 2.76 bits per heavy atom. The maximum Gasteiger partial charge on any atom is 0.178 e. The van der Waals surface area contributed by atoms with E-state index in [2.05, 4.69) is 11.1 Å². The molecule has 1 unspecified atom stereocenters. The van der Waals surface area contributed by atoms with Crippen molar-refractivity contribution in [1.29, 1.82) is 5.26 Å². The highest BCUT2D eigenvalue weighted by atomic mass is 32.1. The van der Waals surface area contributed by atoms with Crippen molar-refractivity contribution < 1.29 is 4.39 Å². The van der Waals surface area contributed by atoms with Crippen molar-refractivity contribution in [2.24, 2.45) is 0 Å². The number of halogens is 1. The molecule has 0 spiro atoms. The monoisotopic (exact) mass is 297 g/mol. The van der Waals surface area contributed by atoms with Gasteiger partial charge in [0.15, 0.2) is 4.77 Å². The van der Waals surface area contributed by atoms with E-state index in [0.717, 1.165) is 11.1 Å². The van der Waals surface area contributed by atoms with Gasteiger partial charge >= 0.3 is 0 Å². The number of nitriles is 1. The Morgan fingerprint density at radius 1 is 1.29 bits per heavy atom. The Labute approximate surface area is 126 Å². The fraction of sp³-hybridized carbons (Fsp3) is 0.125. The van der Waals surface area contributed by atoms with E-state index in [-0.39, 0.29) is 11.9 Å². The third-order valence-corrected chi connectivity index (χ3v) is 3.89. The van der Waals surface area contributed by atoms with Crippen molar-refractivity contribution in [3.63, 3.8) is 0 Å². The lowest BCUT2D eigenvalue weighted by atomic mass is 10.1. The number of nitrogens with zero attached hydrogens (tertiary/aromatic N) is 2. The third kappa shape index (κ3) is 2.24. The summed E-state index contributed by atoms with van der Waals surface area (Å²) in [4.78, 5) is 3.07. The van der Waals surface area contributed by atoms with Crippen LogP contribution in [0.15, 0.2) is 42.5 Å². The number of hydrogen-bond donors (Lipinski definition) is 1. The Bertz CT molecular complexity index is 917. The van der Waals surface area contributed by atoms with Gasteiger partial charge in [-0.15, -0.1) is 0 Å². The molecule has 0 saturated carbocycles. The van der Waals surface area contributed by atoms with Crippen LogP contribution in [0.4, 0.5) is 4.39 Å². The fourth-order valence-corrected chi connectivity index (χ4v) is 2.90. The number of benzene rings is 2. The molecule has 21 heavy (non-hydrogen) atoms. The van der Waals surface area contributed by atoms with Gasteiger partial charge in [-0.05, 0) is 49.0 Å². The standard InChI is InChI=1S/C16H12FN3S/c1-10(11-4-2-6-13(17)8-11)20-14-7-3-5-12(9-18)15(14)19-16(20)21/h2-8,10H,1H3,(H,19,21). The van der Waals surface area contributed by atoms with E-state index in [1.807, 2.05) is 29.7 Å². The molecular formula is C16H12FN3S. The first-order chi connectivity index (χ1) is 10.1. The van der Waals surface area contributed by atoms with E-state index in [0.29, 0.717) is 15.9 Å². The lowest BCUT2D eigenvalue weighted by molar-refractivity contribution is 0.608. The molecule has 3 nitrogen and oxygen atoms in total. The molecule has 3 rings (SSSR count). The average Bonchev–Trinajstić information content (AvgIpc) is 2.82. The summed E-state index contributed by atoms with van der Waals surface area (Å²) in [6.07, 6.45) is 0. The molecular weight excluding hydrogens is 285 g/mol. The maximum atomic E-state index is 13.4. The molecule has 0 saturated heterocycles. The summed E-state index contributed by atoms with van der Waals surface area (Å²) in [5.74, 6) is -0.275. The highest BCUT2D eigenvalue weighted by Gasteiger charge is 2.15. The van der Waals surface area contributed by atoms with Gasteiger partial charge in [0.05, 0.1) is 22.6 Å². The molecule has 0 aliphatic heterocycles. The second-order valence-corrected chi connectivity index (χ2v) is 5.23. The lowest BCUT2D eigenvalue weighted by Gasteiger charge is -2.15. The molecule has 5 heteroatoms. The number of para-hydroxylation sites is 1. The van der Waals surface area contributed by atoms with Gasteiger partial charge in [-0.2, -0.15) is 5.26 Å². The Kier molecular flexibility index (Phi) is 3.32. The molecule has 0 fully saturated rings. The fourth-order valence-electron chi connectivity index (χ4n) is 2.54. The summed E-state index contributed by atoms with van der Waals surface area (Å²) in [6, 6.07) is 13.9. The minimum absolute atomic E-state index is 0.129. The van der Waals surface area contributed by atoms with Crippen LogP contribution >= 0.6 is 12.2 Å². The van der Waals surface area contributed by atoms with E-state index >= 15 is 0 Å². The molecule has 0 amide bonds. The minimum atomic E-state index is -0.275. The number of rotatable bonds is 2. The highest BCUT2D eigenvalue weighted by Crippen LogP contribution is 2.26. The Morgan fingerprint density at radius 2 is 2.05 bits per heavy atom. The van der Waals surface area contributed by atoms with Crippen molar-refractivity contribution in [1.82, 2.24) is 9.55 Å². The summed E-state index contributed by atoms with van der Waals surface area (Å²) in [5, 5.41) is 9.16. The van der Waals surface area contributed by atoms with Gasteiger partial charge in [-0.3, -0.25) is 0 Å². The topological polar surface area (TPSA) is 44.5 Å². The van der Waals surface area contributed by atoms with Crippen LogP contribution in [0, 0.1) is 21.9 Å². The molecule has 3 aromatic rings. The van der Waals surface area contributed by atoms with Gasteiger partial charge in [0, 0.05) is 0 Å². The zero-order valence-electron chi connectivity index (χ0n) is 11.3. The van der Waals surface area contributed by atoms with Gasteiger partial charge in [-0.25, -0.2) is 4.39 Å². The quantitative estimate of drug-likeness (QED) is 0.716. The van der Waals surface area contributed by atoms with E-state index < -0.39 is 0 Å². The largest absolute Gasteiger partial charge is 0.329 e. The second-order valence-electron chi connectivity index (χ2n) is 4.84. The summed E-state index contributed by atoms with van der Waals surface area (Å²) in [7, 11) is 0. The molecule has 1 aromatic heterocycles. The van der Waals surface area contributed by atoms with Crippen LogP contribution in [-0.4, -0.2) is 9.55 Å². The number of H-pyrrole nitrogens is 1. The van der Waals surface area contributed by atoms with E-state index in [1.54, 1.807) is 12.1 Å². The summed E-state index contributed by atoms with van der Waals surface area (Å²) < 4.78 is 15.8. The van der Waals surface area contributed by atoms with E-state index in [4.69, 9.17) is 17.5 Å². The number of hydrogen-bond acceptors (Lipinski definition) is 2. The number of fused-ring (bicyclic) bond motifs is 1. The zero-order chi connectivity index (χ0) is 15.0. The highest BCUT2D eigenvalue weighted by molar-refractivity contribution is 7.71. The van der Waals surface area contributed by atoms with Crippen LogP contribution in [0.3, 0.4) is 0 Å². The number of imidazole rings is 1. The van der Waals surface area contributed by atoms with Crippen molar-refractivity contribution in [3.05, 3.63) is 64.2 Å². The number of aromatic amines is 1. The molecule has 0 bridgehead atoms. The third-order valence-electron chi connectivity index (χ3n) is 3.59. The average molecular weight is 297 g/mol. The van der Waals surface area contributed by atoms with E-state index in [1.165, 1.54) is 12.1 Å². The second kappa shape index (κ2) is 5.15. The van der Waals surface area contributed by atoms with Gasteiger partial charge in [0.2, 0.25) is 0 Å². The zero-order valence-corrected chi connectivity index (χ0v) is 12.1. The Balaban J connectivity index is 2.24. The van der Waals surface area contributed by atoms with Gasteiger partial charge in [0.1, 0.15) is 11.9 Å². The summed E-state index contributed by atoms with van der Waals surface area (Å²) in [5.41, 5.74) is 2.93. The molecule has 0 aliphatic carbocycles. The summed E-state index contributed by atoms with van der Waals surface area (Å²) >= 11 is 5.37. The number of nitrogens with one attached hydrogen (secondary N) is 1. The van der Waals surface area contributed by atoms with Crippen LogP contribution < -0.4 is 0 Å². The predicted octanol–water partition coefficient (Wildman–Crippen LogP) is 4.32. The first-order valence-corrected chi connectivity index (χ1v) is 6.91. The van der Waals surface area contributed by atoms with Crippen molar-refractivity contribution in [2.45, 2.75) is 13.0 Å². The SMILES string of the molecule is CC(c1cccc(F)c1)n1c(=S)[nH]c2c(C#N)cccc21. The van der Waals surface area contributed by atoms with Gasteiger partial charge in [0.25, 0.3) is 0 Å². The smallest absolute Gasteiger partial charge is 0.178 e. The molecule has 1 heterocycles. The van der Waals surface area contributed by atoms with Crippen molar-refractivity contribution in [2.75, 3.05) is 0 Å². The molecule has 2 aromatic carbocycles. The molecule has 1 N–H and O–H groups in total. The molecule has 1 atom stereocenters. The predicted molar refractivity (Wildman–Crippen MR) is 82.1 cm³/mol. The minimum Gasteiger partial charge on any atom is -0.329 e. The van der Waals surface area contributed by atoms with Gasteiger partial charge < -0.3 is 9.55 Å². The normalized spacial score (nSPS) is 12.2. The molecule has 104 valence electrons. The molecule has 0 aliphatic rings. The van der Waals surface area contributed by atoms with Crippen molar-refractivity contribution >= 4 is 23.3 Å². The molecule has 0 radical (unpaired) electrons. The van der Waals surface area contributed by atoms with Crippen LogP contribution in [-0.2, 0) is 0 Å². The summed E-state index contributed by atoms with van der Waals surface area (Å²) in [6.45, 7) is 1.96. The van der Waals surface area contributed by atoms with Crippen LogP contribution in [0.5, 0.6) is 0 Å².